The zero-order valence-electron chi connectivity index (χ0n) is 6.83. The maximum absolute atomic E-state index is 5.70. The average Bonchev–Trinajstić information content (AvgIpc) is 1.85. The van der Waals surface area contributed by atoms with E-state index in [1.165, 1.54) is 5.01 Å². The number of nitrogens with zero attached hydrogens (tertiary/aromatic N) is 1. The van der Waals surface area contributed by atoms with E-state index in [0.29, 0.717) is 0 Å². The van der Waals surface area contributed by atoms with Gasteiger partial charge in [0.05, 0.1) is 11.4 Å². The molecular weight excluding hydrogens is 138 g/mol. The van der Waals surface area contributed by atoms with E-state index in [2.05, 4.69) is 0 Å². The summed E-state index contributed by atoms with van der Waals surface area (Å²) in [6.07, 6.45) is 0. The number of hydrogen-bond donors (Lipinski definition) is 2. The Kier molecular flexibility index (Phi) is 2.01. The van der Waals surface area contributed by atoms with Crippen molar-refractivity contribution in [3.63, 3.8) is 0 Å². The number of anilines is 2. The van der Waals surface area contributed by atoms with Crippen molar-refractivity contribution in [2.24, 2.45) is 5.84 Å². The van der Waals surface area contributed by atoms with Gasteiger partial charge in [0.15, 0.2) is 0 Å². The quantitative estimate of drug-likeness (QED) is 0.356. The summed E-state index contributed by atoms with van der Waals surface area (Å²) in [5.41, 5.74) is 8.42. The van der Waals surface area contributed by atoms with Gasteiger partial charge in [0.2, 0.25) is 0 Å². The van der Waals surface area contributed by atoms with Crippen LogP contribution in [-0.4, -0.2) is 7.05 Å². The molecule has 3 heteroatoms. The highest BCUT2D eigenvalue weighted by Crippen LogP contribution is 2.20. The van der Waals surface area contributed by atoms with E-state index in [9.17, 15) is 0 Å². The molecule has 0 amide bonds. The van der Waals surface area contributed by atoms with Gasteiger partial charge in [-0.15, -0.1) is 0 Å². The normalized spacial score (nSPS) is 9.73. The van der Waals surface area contributed by atoms with Crippen molar-refractivity contribution in [1.82, 2.24) is 0 Å². The van der Waals surface area contributed by atoms with Gasteiger partial charge in [0.1, 0.15) is 0 Å². The fourth-order valence-corrected chi connectivity index (χ4v) is 0.995. The molecule has 4 N–H and O–H groups in total. The van der Waals surface area contributed by atoms with E-state index < -0.39 is 0 Å². The molecule has 11 heavy (non-hydrogen) atoms. The molecule has 0 radical (unpaired) electrons. The van der Waals surface area contributed by atoms with E-state index in [0.717, 1.165) is 16.9 Å². The third-order valence-electron chi connectivity index (χ3n) is 1.56. The van der Waals surface area contributed by atoms with Gasteiger partial charge in [-0.3, -0.25) is 0 Å². The van der Waals surface area contributed by atoms with Gasteiger partial charge in [-0.2, -0.15) is 0 Å². The van der Waals surface area contributed by atoms with Gasteiger partial charge >= 0.3 is 0 Å². The average molecular weight is 151 g/mol. The lowest BCUT2D eigenvalue weighted by atomic mass is 10.2. The number of rotatable bonds is 1. The van der Waals surface area contributed by atoms with Crippen LogP contribution in [0.4, 0.5) is 11.4 Å². The Balaban J connectivity index is 3.09. The van der Waals surface area contributed by atoms with Crippen molar-refractivity contribution in [2.75, 3.05) is 17.8 Å². The number of hydrazine groups is 1. The first-order chi connectivity index (χ1) is 5.11. The third-order valence-corrected chi connectivity index (χ3v) is 1.56. The van der Waals surface area contributed by atoms with Crippen molar-refractivity contribution >= 4 is 11.4 Å². The number of nitrogens with two attached hydrogens (primary N) is 2. The highest BCUT2D eigenvalue weighted by Gasteiger charge is 1.99. The Bertz CT molecular complexity index is 256. The monoisotopic (exact) mass is 151 g/mol. The second-order valence-electron chi connectivity index (χ2n) is 2.67. The first-order valence-corrected chi connectivity index (χ1v) is 3.46. The Hall–Kier alpha value is -1.22. The zero-order chi connectivity index (χ0) is 8.43. The molecule has 0 aliphatic heterocycles. The molecule has 0 aliphatic rings. The molecule has 0 bridgehead atoms. The standard InChI is InChI=1S/C8H13N3/c1-6-3-4-8(11(2)10)7(9)5-6/h3-5H,9-10H2,1-2H3. The molecule has 0 aromatic heterocycles. The first kappa shape index (κ1) is 7.88. The molecular formula is C8H13N3. The summed E-state index contributed by atoms with van der Waals surface area (Å²) in [5, 5.41) is 1.51. The number of nitrogen functional groups attached to an aromatic ring is 1. The molecule has 0 fully saturated rings. The topological polar surface area (TPSA) is 55.3 Å². The maximum Gasteiger partial charge on any atom is 0.0743 e. The molecule has 1 aromatic rings. The summed E-state index contributed by atoms with van der Waals surface area (Å²) in [6, 6.07) is 5.79. The minimum absolute atomic E-state index is 0.718. The van der Waals surface area contributed by atoms with E-state index in [4.69, 9.17) is 11.6 Å². The fourth-order valence-electron chi connectivity index (χ4n) is 0.995. The van der Waals surface area contributed by atoms with Crippen LogP contribution in [0.5, 0.6) is 0 Å². The molecule has 0 unspecified atom stereocenters. The summed E-state index contributed by atoms with van der Waals surface area (Å²) in [7, 11) is 1.76. The molecule has 3 nitrogen and oxygen atoms in total. The lowest BCUT2D eigenvalue weighted by molar-refractivity contribution is 1.02. The summed E-state index contributed by atoms with van der Waals surface area (Å²) in [5.74, 6) is 5.52. The predicted octanol–water partition coefficient (Wildman–Crippen LogP) is 0.887. The molecule has 0 heterocycles. The van der Waals surface area contributed by atoms with Crippen molar-refractivity contribution < 1.29 is 0 Å². The summed E-state index contributed by atoms with van der Waals surface area (Å²) < 4.78 is 0. The molecule has 0 spiro atoms. The van der Waals surface area contributed by atoms with Crippen molar-refractivity contribution in [3.05, 3.63) is 23.8 Å². The first-order valence-electron chi connectivity index (χ1n) is 3.46. The van der Waals surface area contributed by atoms with Gasteiger partial charge in [-0.05, 0) is 24.6 Å². The molecule has 0 atom stereocenters. The van der Waals surface area contributed by atoms with Crippen LogP contribution >= 0.6 is 0 Å². The van der Waals surface area contributed by atoms with Gasteiger partial charge in [-0.1, -0.05) is 6.07 Å². The molecule has 0 aliphatic carbocycles. The molecule has 0 saturated heterocycles. The molecule has 60 valence electrons. The van der Waals surface area contributed by atoms with Gasteiger partial charge in [0.25, 0.3) is 0 Å². The van der Waals surface area contributed by atoms with Crippen LogP contribution in [0.25, 0.3) is 0 Å². The van der Waals surface area contributed by atoms with E-state index in [-0.39, 0.29) is 0 Å². The minimum atomic E-state index is 0.718. The van der Waals surface area contributed by atoms with Crippen LogP contribution in [0.1, 0.15) is 5.56 Å². The van der Waals surface area contributed by atoms with Gasteiger partial charge in [-0.25, -0.2) is 5.84 Å². The summed E-state index contributed by atoms with van der Waals surface area (Å²) >= 11 is 0. The Labute approximate surface area is 66.6 Å². The van der Waals surface area contributed by atoms with E-state index in [1.807, 2.05) is 25.1 Å². The van der Waals surface area contributed by atoms with E-state index >= 15 is 0 Å². The Morgan fingerprint density at radius 1 is 1.36 bits per heavy atom. The SMILES string of the molecule is Cc1ccc(N(C)N)c(N)c1. The van der Waals surface area contributed by atoms with Crippen molar-refractivity contribution in [2.45, 2.75) is 6.92 Å². The summed E-state index contributed by atoms with van der Waals surface area (Å²) in [4.78, 5) is 0. The van der Waals surface area contributed by atoms with Crippen LogP contribution in [0.3, 0.4) is 0 Å². The second kappa shape index (κ2) is 2.80. The van der Waals surface area contributed by atoms with E-state index in [1.54, 1.807) is 7.05 Å². The molecule has 1 rings (SSSR count). The predicted molar refractivity (Wildman–Crippen MR) is 48.2 cm³/mol. The van der Waals surface area contributed by atoms with Crippen LogP contribution in [0.15, 0.2) is 18.2 Å². The summed E-state index contributed by atoms with van der Waals surface area (Å²) in [6.45, 7) is 2.00. The van der Waals surface area contributed by atoms with Crippen LogP contribution in [-0.2, 0) is 0 Å². The van der Waals surface area contributed by atoms with Crippen LogP contribution < -0.4 is 16.6 Å². The number of aryl methyl sites for hydroxylation is 1. The van der Waals surface area contributed by atoms with Gasteiger partial charge in [0, 0.05) is 7.05 Å². The van der Waals surface area contributed by atoms with Crippen LogP contribution in [0, 0.1) is 6.92 Å². The lowest BCUT2D eigenvalue weighted by Gasteiger charge is -2.14. The second-order valence-corrected chi connectivity index (χ2v) is 2.67. The Morgan fingerprint density at radius 3 is 2.45 bits per heavy atom. The number of benzene rings is 1. The largest absolute Gasteiger partial charge is 0.397 e. The smallest absolute Gasteiger partial charge is 0.0743 e. The molecule has 1 aromatic carbocycles. The lowest BCUT2D eigenvalue weighted by Crippen LogP contribution is -2.25. The third kappa shape index (κ3) is 1.62. The highest BCUT2D eigenvalue weighted by atomic mass is 15.4. The van der Waals surface area contributed by atoms with Crippen LogP contribution in [0.2, 0.25) is 0 Å². The Morgan fingerprint density at radius 2 is 2.00 bits per heavy atom. The fraction of sp³-hybridized carbons (Fsp3) is 0.250. The maximum atomic E-state index is 5.70. The van der Waals surface area contributed by atoms with Crippen molar-refractivity contribution in [3.8, 4) is 0 Å². The van der Waals surface area contributed by atoms with Gasteiger partial charge < -0.3 is 10.7 Å². The highest BCUT2D eigenvalue weighted by molar-refractivity contribution is 5.67. The number of hydrogen-bond acceptors (Lipinski definition) is 3. The zero-order valence-corrected chi connectivity index (χ0v) is 6.83. The minimum Gasteiger partial charge on any atom is -0.397 e. The van der Waals surface area contributed by atoms with Crippen molar-refractivity contribution in [1.29, 1.82) is 0 Å². The molecule has 0 saturated carbocycles.